The van der Waals surface area contributed by atoms with Crippen molar-refractivity contribution in [3.8, 4) is 5.75 Å². The Balaban J connectivity index is 1.49. The third-order valence-electron chi connectivity index (χ3n) is 5.54. The van der Waals surface area contributed by atoms with Crippen LogP contribution in [0.1, 0.15) is 33.6 Å². The summed E-state index contributed by atoms with van der Waals surface area (Å²) in [7, 11) is 0. The molecule has 1 amide bonds. The number of para-hydroxylation sites is 1. The smallest absolute Gasteiger partial charge is 0.227 e. The van der Waals surface area contributed by atoms with E-state index in [1.54, 1.807) is 0 Å². The largest absolute Gasteiger partial charge is 0.488 e. The normalized spacial score (nSPS) is 15.2. The second-order valence-electron chi connectivity index (χ2n) is 8.22. The van der Waals surface area contributed by atoms with E-state index >= 15 is 0 Å². The first-order valence-electron chi connectivity index (χ1n) is 10.8. The summed E-state index contributed by atoms with van der Waals surface area (Å²) >= 11 is 0. The topological polar surface area (TPSA) is 79.4 Å². The summed E-state index contributed by atoms with van der Waals surface area (Å²) in [5, 5.41) is 6.93. The molecule has 0 bridgehead atoms. The van der Waals surface area contributed by atoms with Gasteiger partial charge in [0.1, 0.15) is 17.4 Å². The first kappa shape index (κ1) is 21.1. The molecule has 1 saturated heterocycles. The molecule has 0 aliphatic carbocycles. The first-order chi connectivity index (χ1) is 15.0. The van der Waals surface area contributed by atoms with Gasteiger partial charge in [-0.1, -0.05) is 12.1 Å². The number of carbonyl (C=O) groups is 1. The Hall–Kier alpha value is -3.19. The quantitative estimate of drug-likeness (QED) is 0.609. The van der Waals surface area contributed by atoms with E-state index in [1.165, 1.54) is 6.92 Å². The van der Waals surface area contributed by atoms with Crippen LogP contribution in [0, 0.1) is 0 Å². The lowest BCUT2D eigenvalue weighted by Crippen LogP contribution is -2.41. The van der Waals surface area contributed by atoms with Crippen molar-refractivity contribution < 1.29 is 9.53 Å². The minimum Gasteiger partial charge on any atom is -0.488 e. The van der Waals surface area contributed by atoms with E-state index in [1.807, 2.05) is 48.7 Å². The van der Waals surface area contributed by atoms with E-state index < -0.39 is 0 Å². The Bertz CT molecular complexity index is 1040. The lowest BCUT2D eigenvalue weighted by atomic mass is 10.1. The molecule has 7 heteroatoms. The molecule has 4 rings (SSSR count). The molecule has 162 valence electrons. The lowest BCUT2D eigenvalue weighted by Gasteiger charge is -2.34. The molecule has 1 aliphatic heterocycles. The van der Waals surface area contributed by atoms with Gasteiger partial charge in [0.15, 0.2) is 0 Å². The zero-order valence-electron chi connectivity index (χ0n) is 18.3. The summed E-state index contributed by atoms with van der Waals surface area (Å²) in [5.74, 6) is 1.21. The van der Waals surface area contributed by atoms with E-state index in [4.69, 9.17) is 9.72 Å². The molecule has 0 saturated carbocycles. The molecule has 1 aromatic heterocycles. The maximum Gasteiger partial charge on any atom is 0.227 e. The summed E-state index contributed by atoms with van der Waals surface area (Å²) in [4.78, 5) is 22.8. The maximum absolute atomic E-state index is 11.2. The van der Waals surface area contributed by atoms with Crippen LogP contribution in [-0.4, -0.2) is 46.0 Å². The van der Waals surface area contributed by atoms with Gasteiger partial charge in [0.05, 0.1) is 0 Å². The summed E-state index contributed by atoms with van der Waals surface area (Å²) in [6, 6.07) is 14.0. The fourth-order valence-corrected chi connectivity index (χ4v) is 3.84. The molecule has 2 N–H and O–H groups in total. The number of rotatable bonds is 6. The van der Waals surface area contributed by atoms with Gasteiger partial charge in [0, 0.05) is 49.0 Å². The molecule has 2 aromatic carbocycles. The van der Waals surface area contributed by atoms with Crippen LogP contribution >= 0.6 is 0 Å². The van der Waals surface area contributed by atoms with E-state index in [-0.39, 0.29) is 12.0 Å². The van der Waals surface area contributed by atoms with Crippen LogP contribution in [0.15, 0.2) is 48.7 Å². The Labute approximate surface area is 182 Å². The summed E-state index contributed by atoms with van der Waals surface area (Å²) in [5.41, 5.74) is 2.39. The second kappa shape index (κ2) is 9.31. The molecule has 3 aromatic rings. The number of benzene rings is 2. The third kappa shape index (κ3) is 5.30. The van der Waals surface area contributed by atoms with Gasteiger partial charge in [-0.05, 0) is 57.0 Å². The van der Waals surface area contributed by atoms with E-state index in [9.17, 15) is 4.79 Å². The maximum atomic E-state index is 11.2. The fourth-order valence-electron chi connectivity index (χ4n) is 3.84. The molecule has 0 spiro atoms. The molecule has 7 nitrogen and oxygen atoms in total. The molecule has 1 aliphatic rings. The molecular formula is C24H29N5O2. The average Bonchev–Trinajstić information content (AvgIpc) is 2.75. The number of likely N-dealkylation sites (tertiary alicyclic amines) is 1. The van der Waals surface area contributed by atoms with Gasteiger partial charge in [0.2, 0.25) is 11.9 Å². The standard InChI is InChI=1S/C24H29N5O2/c1-16(2)29-13-11-21(12-14-29)31-22-6-4-5-18-15-25-24(28-23(18)22)27-20-9-7-19(8-10-20)26-17(3)30/h4-10,15-16,21H,11-14H2,1-3H3,(H,26,30)(H,25,27,28). The zero-order chi connectivity index (χ0) is 21.8. The Morgan fingerprint density at radius 2 is 1.81 bits per heavy atom. The number of hydrogen-bond acceptors (Lipinski definition) is 6. The Kier molecular flexibility index (Phi) is 6.32. The molecule has 31 heavy (non-hydrogen) atoms. The van der Waals surface area contributed by atoms with Crippen molar-refractivity contribution in [1.29, 1.82) is 0 Å². The molecule has 1 fully saturated rings. The number of aromatic nitrogens is 2. The minimum atomic E-state index is -0.0963. The molecular weight excluding hydrogens is 390 g/mol. The van der Waals surface area contributed by atoms with Crippen LogP contribution in [-0.2, 0) is 4.79 Å². The van der Waals surface area contributed by atoms with Gasteiger partial charge in [0.25, 0.3) is 0 Å². The highest BCUT2D eigenvalue weighted by Crippen LogP contribution is 2.28. The molecule has 2 heterocycles. The van der Waals surface area contributed by atoms with Crippen LogP contribution < -0.4 is 15.4 Å². The van der Waals surface area contributed by atoms with Crippen LogP contribution in [0.3, 0.4) is 0 Å². The van der Waals surface area contributed by atoms with Crippen LogP contribution in [0.5, 0.6) is 5.75 Å². The Morgan fingerprint density at radius 1 is 1.10 bits per heavy atom. The Morgan fingerprint density at radius 3 is 2.48 bits per heavy atom. The van der Waals surface area contributed by atoms with Crippen molar-refractivity contribution in [3.63, 3.8) is 0 Å². The van der Waals surface area contributed by atoms with Gasteiger partial charge < -0.3 is 20.3 Å². The summed E-state index contributed by atoms with van der Waals surface area (Å²) in [6.07, 6.45) is 4.05. The van der Waals surface area contributed by atoms with Gasteiger partial charge >= 0.3 is 0 Å². The highest BCUT2D eigenvalue weighted by atomic mass is 16.5. The number of fused-ring (bicyclic) bond motifs is 1. The molecule has 0 radical (unpaired) electrons. The van der Waals surface area contributed by atoms with E-state index in [0.29, 0.717) is 12.0 Å². The number of amides is 1. The zero-order valence-corrected chi connectivity index (χ0v) is 18.3. The summed E-state index contributed by atoms with van der Waals surface area (Å²) < 4.78 is 6.37. The van der Waals surface area contributed by atoms with Crippen molar-refractivity contribution >= 4 is 34.1 Å². The number of anilines is 3. The SMILES string of the molecule is CC(=O)Nc1ccc(Nc2ncc3cccc(OC4CCN(C(C)C)CC4)c3n2)cc1. The number of ether oxygens (including phenoxy) is 1. The number of nitrogens with zero attached hydrogens (tertiary/aromatic N) is 3. The fraction of sp³-hybridized carbons (Fsp3) is 0.375. The van der Waals surface area contributed by atoms with Crippen molar-refractivity contribution in [1.82, 2.24) is 14.9 Å². The lowest BCUT2D eigenvalue weighted by molar-refractivity contribution is -0.114. The molecule has 0 atom stereocenters. The van der Waals surface area contributed by atoms with E-state index in [2.05, 4.69) is 34.4 Å². The van der Waals surface area contributed by atoms with Crippen LogP contribution in [0.2, 0.25) is 0 Å². The number of piperidine rings is 1. The predicted octanol–water partition coefficient (Wildman–Crippen LogP) is 4.58. The van der Waals surface area contributed by atoms with E-state index in [0.717, 1.165) is 54.0 Å². The van der Waals surface area contributed by atoms with Crippen molar-refractivity contribution in [2.45, 2.75) is 45.8 Å². The number of nitrogens with one attached hydrogen (secondary N) is 2. The summed E-state index contributed by atoms with van der Waals surface area (Å²) in [6.45, 7) is 8.09. The first-order valence-corrected chi connectivity index (χ1v) is 10.8. The minimum absolute atomic E-state index is 0.0963. The van der Waals surface area contributed by atoms with Crippen molar-refractivity contribution in [2.24, 2.45) is 0 Å². The van der Waals surface area contributed by atoms with Gasteiger partial charge in [-0.25, -0.2) is 9.97 Å². The van der Waals surface area contributed by atoms with Crippen LogP contribution in [0.4, 0.5) is 17.3 Å². The van der Waals surface area contributed by atoms with Gasteiger partial charge in [-0.15, -0.1) is 0 Å². The van der Waals surface area contributed by atoms with Gasteiger partial charge in [-0.3, -0.25) is 4.79 Å². The predicted molar refractivity (Wildman–Crippen MR) is 124 cm³/mol. The third-order valence-corrected chi connectivity index (χ3v) is 5.54. The van der Waals surface area contributed by atoms with Crippen molar-refractivity contribution in [3.05, 3.63) is 48.7 Å². The number of carbonyl (C=O) groups excluding carboxylic acids is 1. The highest BCUT2D eigenvalue weighted by molar-refractivity contribution is 5.89. The average molecular weight is 420 g/mol. The van der Waals surface area contributed by atoms with Gasteiger partial charge in [-0.2, -0.15) is 0 Å². The second-order valence-corrected chi connectivity index (χ2v) is 8.22. The highest BCUT2D eigenvalue weighted by Gasteiger charge is 2.22. The number of hydrogen-bond donors (Lipinski definition) is 2. The van der Waals surface area contributed by atoms with Crippen LogP contribution in [0.25, 0.3) is 10.9 Å². The molecule has 0 unspecified atom stereocenters. The monoisotopic (exact) mass is 419 g/mol. The van der Waals surface area contributed by atoms with Crippen molar-refractivity contribution in [2.75, 3.05) is 23.7 Å².